The molecule has 29 heavy (non-hydrogen) atoms. The molecule has 0 bridgehead atoms. The topological polar surface area (TPSA) is 120 Å². The lowest BCUT2D eigenvalue weighted by Crippen LogP contribution is -2.30. The van der Waals surface area contributed by atoms with Gasteiger partial charge in [0, 0.05) is 24.4 Å². The molecule has 10 heteroatoms. The largest absolute Gasteiger partial charge is 0.503 e. The van der Waals surface area contributed by atoms with Crippen molar-refractivity contribution >= 4 is 35.5 Å². The Labute approximate surface area is 174 Å². The van der Waals surface area contributed by atoms with Gasteiger partial charge >= 0.3 is 18.0 Å². The number of amides is 1. The minimum Gasteiger partial charge on any atom is -0.503 e. The third-order valence-corrected chi connectivity index (χ3v) is 4.27. The highest BCUT2D eigenvalue weighted by molar-refractivity contribution is 7.99. The molecule has 1 atom stereocenters. The van der Waals surface area contributed by atoms with Crippen molar-refractivity contribution in [3.8, 4) is 11.5 Å². The van der Waals surface area contributed by atoms with Gasteiger partial charge in [-0.05, 0) is 33.8 Å². The highest BCUT2D eigenvalue weighted by atomic mass is 32.2. The van der Waals surface area contributed by atoms with Crippen molar-refractivity contribution in [1.82, 2.24) is 0 Å². The molecule has 0 aliphatic carbocycles. The van der Waals surface area contributed by atoms with Crippen LogP contribution in [0.15, 0.2) is 17.0 Å². The van der Waals surface area contributed by atoms with Crippen LogP contribution in [-0.2, 0) is 23.8 Å². The monoisotopic (exact) mass is 429 g/mol. The van der Waals surface area contributed by atoms with Gasteiger partial charge in [-0.15, -0.1) is 11.8 Å². The van der Waals surface area contributed by atoms with Gasteiger partial charge < -0.3 is 24.1 Å². The van der Waals surface area contributed by atoms with Gasteiger partial charge in [-0.2, -0.15) is 0 Å². The Morgan fingerprint density at radius 1 is 1.14 bits per heavy atom. The van der Waals surface area contributed by atoms with Crippen molar-refractivity contribution in [2.75, 3.05) is 24.3 Å². The summed E-state index contributed by atoms with van der Waals surface area (Å²) in [4.78, 5) is 35.5. The van der Waals surface area contributed by atoms with E-state index in [2.05, 4.69) is 5.32 Å². The summed E-state index contributed by atoms with van der Waals surface area (Å²) in [6.07, 6.45) is -2.11. The van der Waals surface area contributed by atoms with E-state index >= 15 is 0 Å². The number of thioether (sulfide) groups is 1. The first-order valence-electron chi connectivity index (χ1n) is 9.11. The van der Waals surface area contributed by atoms with Crippen LogP contribution in [0.4, 0.5) is 10.5 Å². The van der Waals surface area contributed by atoms with Gasteiger partial charge in [0.1, 0.15) is 0 Å². The van der Waals surface area contributed by atoms with Gasteiger partial charge in [-0.1, -0.05) is 0 Å². The Balaban J connectivity index is 3.05. The van der Waals surface area contributed by atoms with E-state index in [9.17, 15) is 19.5 Å². The number of carbonyl (C=O) groups excluding carboxylic acids is 3. The first kappa shape index (κ1) is 24.4. The van der Waals surface area contributed by atoms with Gasteiger partial charge in [0.25, 0.3) is 0 Å². The Morgan fingerprint density at radius 3 is 2.38 bits per heavy atom. The third-order valence-electron chi connectivity index (χ3n) is 3.18. The molecule has 162 valence electrons. The molecule has 0 radical (unpaired) electrons. The van der Waals surface area contributed by atoms with Crippen LogP contribution in [0, 0.1) is 0 Å². The maximum Gasteiger partial charge on any atom is 0.411 e. The van der Waals surface area contributed by atoms with Gasteiger partial charge in [0.15, 0.2) is 11.5 Å². The smallest absolute Gasteiger partial charge is 0.411 e. The molecule has 1 aromatic rings. The van der Waals surface area contributed by atoms with Gasteiger partial charge in [-0.25, -0.2) is 9.59 Å². The lowest BCUT2D eigenvalue weighted by molar-refractivity contribution is -0.164. The Bertz CT molecular complexity index is 722. The van der Waals surface area contributed by atoms with E-state index in [1.165, 1.54) is 19.1 Å². The number of rotatable bonds is 10. The molecular weight excluding hydrogens is 402 g/mol. The molecule has 0 spiro atoms. The number of phenols is 1. The zero-order valence-electron chi connectivity index (χ0n) is 17.1. The second-order valence-electron chi connectivity index (χ2n) is 5.99. The van der Waals surface area contributed by atoms with Crippen LogP contribution in [0.25, 0.3) is 0 Å². The molecule has 0 saturated carbocycles. The Morgan fingerprint density at radius 2 is 1.83 bits per heavy atom. The summed E-state index contributed by atoms with van der Waals surface area (Å²) in [7, 11) is 0. The van der Waals surface area contributed by atoms with Gasteiger partial charge in [-0.3, -0.25) is 10.1 Å². The lowest BCUT2D eigenvalue weighted by Gasteiger charge is -2.17. The van der Waals surface area contributed by atoms with E-state index < -0.39 is 24.1 Å². The number of hydrogen-bond donors (Lipinski definition) is 2. The molecule has 0 heterocycles. The van der Waals surface area contributed by atoms with Crippen LogP contribution in [0.5, 0.6) is 11.5 Å². The molecule has 2 N–H and O–H groups in total. The van der Waals surface area contributed by atoms with Crippen molar-refractivity contribution in [1.29, 1.82) is 0 Å². The number of benzene rings is 1. The standard InChI is InChI=1S/C19H27NO8S/c1-6-25-14-8-13(20-19(24)27-11(3)4)9-16(17(14)22)29-10-15(28-12(5)21)18(23)26-7-2/h8-9,11,15,22H,6-7,10H2,1-5H3,(H,20,24). The van der Waals surface area contributed by atoms with Crippen LogP contribution >= 0.6 is 11.8 Å². The van der Waals surface area contributed by atoms with Crippen LogP contribution in [-0.4, -0.2) is 54.3 Å². The first-order chi connectivity index (χ1) is 13.7. The highest BCUT2D eigenvalue weighted by Gasteiger charge is 2.25. The van der Waals surface area contributed by atoms with E-state index in [0.717, 1.165) is 11.8 Å². The molecule has 0 saturated heterocycles. The Hall–Kier alpha value is -2.62. The Kier molecular flexibility index (Phi) is 10.1. The van der Waals surface area contributed by atoms with E-state index in [4.69, 9.17) is 18.9 Å². The number of ether oxygens (including phenoxy) is 4. The molecule has 1 aromatic carbocycles. The van der Waals surface area contributed by atoms with Crippen molar-refractivity contribution < 1.29 is 38.4 Å². The first-order valence-corrected chi connectivity index (χ1v) is 10.1. The van der Waals surface area contributed by atoms with Crippen molar-refractivity contribution in [3.05, 3.63) is 12.1 Å². The fourth-order valence-electron chi connectivity index (χ4n) is 2.14. The third kappa shape index (κ3) is 8.51. The summed E-state index contributed by atoms with van der Waals surface area (Å²) in [6, 6.07) is 2.96. The van der Waals surface area contributed by atoms with Crippen LogP contribution < -0.4 is 10.1 Å². The number of anilines is 1. The molecule has 9 nitrogen and oxygen atoms in total. The molecule has 0 aromatic heterocycles. The number of phenolic OH excluding ortho intramolecular Hbond substituents is 1. The van der Waals surface area contributed by atoms with E-state index in [1.807, 2.05) is 0 Å². The van der Waals surface area contributed by atoms with Crippen molar-refractivity contribution in [2.45, 2.75) is 51.7 Å². The summed E-state index contributed by atoms with van der Waals surface area (Å²) in [5, 5.41) is 13.0. The zero-order chi connectivity index (χ0) is 22.0. The number of esters is 2. The van der Waals surface area contributed by atoms with E-state index in [-0.39, 0.29) is 36.6 Å². The molecule has 1 rings (SSSR count). The van der Waals surface area contributed by atoms with Crippen molar-refractivity contribution in [2.24, 2.45) is 0 Å². The molecule has 0 aliphatic rings. The minimum atomic E-state index is -1.14. The maximum absolute atomic E-state index is 12.0. The molecule has 1 unspecified atom stereocenters. The predicted molar refractivity (Wildman–Crippen MR) is 107 cm³/mol. The second-order valence-corrected chi connectivity index (χ2v) is 7.06. The number of hydrogen-bond acceptors (Lipinski definition) is 9. The van der Waals surface area contributed by atoms with Crippen LogP contribution in [0.3, 0.4) is 0 Å². The summed E-state index contributed by atoms with van der Waals surface area (Å²) < 4.78 is 20.4. The van der Waals surface area contributed by atoms with E-state index in [0.29, 0.717) is 10.6 Å². The molecule has 0 aliphatic heterocycles. The average Bonchev–Trinajstić information content (AvgIpc) is 2.61. The van der Waals surface area contributed by atoms with Gasteiger partial charge in [0.05, 0.1) is 24.2 Å². The predicted octanol–water partition coefficient (Wildman–Crippen LogP) is 3.33. The molecule has 1 amide bonds. The summed E-state index contributed by atoms with van der Waals surface area (Å²) in [6.45, 7) is 8.43. The van der Waals surface area contributed by atoms with Crippen molar-refractivity contribution in [3.63, 3.8) is 0 Å². The molecule has 0 fully saturated rings. The zero-order valence-corrected chi connectivity index (χ0v) is 18.0. The van der Waals surface area contributed by atoms with Crippen LogP contribution in [0.2, 0.25) is 0 Å². The highest BCUT2D eigenvalue weighted by Crippen LogP contribution is 2.40. The minimum absolute atomic E-state index is 0.00255. The second kappa shape index (κ2) is 12.1. The maximum atomic E-state index is 12.0. The fraction of sp³-hybridized carbons (Fsp3) is 0.526. The summed E-state index contributed by atoms with van der Waals surface area (Å²) >= 11 is 1.05. The van der Waals surface area contributed by atoms with E-state index in [1.54, 1.807) is 27.7 Å². The fourth-order valence-corrected chi connectivity index (χ4v) is 3.13. The normalized spacial score (nSPS) is 11.5. The summed E-state index contributed by atoms with van der Waals surface area (Å²) in [5.41, 5.74) is 0.333. The number of carbonyl (C=O) groups is 3. The number of nitrogens with one attached hydrogen (secondary N) is 1. The quantitative estimate of drug-likeness (QED) is 0.250. The number of aromatic hydroxyl groups is 1. The average molecular weight is 429 g/mol. The molecular formula is C19H27NO8S. The lowest BCUT2D eigenvalue weighted by atomic mass is 10.2. The van der Waals surface area contributed by atoms with Gasteiger partial charge in [0.2, 0.25) is 6.10 Å². The van der Waals surface area contributed by atoms with Crippen LogP contribution in [0.1, 0.15) is 34.6 Å². The SMILES string of the molecule is CCOC(=O)C(CSc1cc(NC(=O)OC(C)C)cc(OCC)c1O)OC(C)=O. The summed E-state index contributed by atoms with van der Waals surface area (Å²) in [5.74, 6) is -1.33.